The summed E-state index contributed by atoms with van der Waals surface area (Å²) in [6.07, 6.45) is 4.63. The normalized spacial score (nSPS) is 52.6. The molecule has 1 amide bonds. The van der Waals surface area contributed by atoms with E-state index in [1.807, 2.05) is 0 Å². The van der Waals surface area contributed by atoms with Gasteiger partial charge in [0, 0.05) is 18.5 Å². The van der Waals surface area contributed by atoms with Crippen molar-refractivity contribution >= 4 is 6.09 Å². The maximum Gasteiger partial charge on any atom is 0.410 e. The Balaban J connectivity index is 1.14. The van der Waals surface area contributed by atoms with Gasteiger partial charge < -0.3 is 40.2 Å². The van der Waals surface area contributed by atoms with Gasteiger partial charge in [-0.1, -0.05) is 27.7 Å². The third-order valence-corrected chi connectivity index (χ3v) is 14.8. The summed E-state index contributed by atoms with van der Waals surface area (Å²) in [5.74, 6) is 0.962. The molecule has 5 saturated carbocycles. The van der Waals surface area contributed by atoms with Crippen LogP contribution >= 0.6 is 0 Å². The molecule has 0 aromatic carbocycles. The Hall–Kier alpha value is -0.970. The molecule has 0 aromatic heterocycles. The van der Waals surface area contributed by atoms with Crippen molar-refractivity contribution in [2.75, 3.05) is 26.3 Å². The minimum absolute atomic E-state index is 0.102. The van der Waals surface area contributed by atoms with Crippen molar-refractivity contribution in [3.8, 4) is 0 Å². The van der Waals surface area contributed by atoms with Gasteiger partial charge in [0.15, 0.2) is 0 Å². The van der Waals surface area contributed by atoms with Crippen molar-refractivity contribution in [3.05, 3.63) is 0 Å². The monoisotopic (exact) mass is 604 g/mol. The quantitative estimate of drug-likeness (QED) is 0.385. The largest absolute Gasteiger partial charge is 0.446 e. The van der Waals surface area contributed by atoms with Crippen LogP contribution < -0.4 is 5.73 Å². The van der Waals surface area contributed by atoms with Crippen molar-refractivity contribution < 1.29 is 34.3 Å². The molecule has 2 saturated heterocycles. The highest BCUT2D eigenvalue weighted by molar-refractivity contribution is 5.68. The number of hydrogen-bond acceptors (Lipinski definition) is 8. The van der Waals surface area contributed by atoms with E-state index in [9.17, 15) is 20.1 Å². The van der Waals surface area contributed by atoms with Gasteiger partial charge in [-0.05, 0) is 105 Å². The van der Waals surface area contributed by atoms with Crippen LogP contribution in [0.15, 0.2) is 0 Å². The van der Waals surface area contributed by atoms with Crippen molar-refractivity contribution in [1.29, 1.82) is 0 Å². The van der Waals surface area contributed by atoms with Gasteiger partial charge in [-0.15, -0.1) is 0 Å². The zero-order valence-electron chi connectivity index (χ0n) is 27.2. The molecule has 0 radical (unpaired) electrons. The van der Waals surface area contributed by atoms with Gasteiger partial charge in [-0.2, -0.15) is 0 Å². The zero-order valence-corrected chi connectivity index (χ0v) is 27.2. The molecule has 2 heterocycles. The lowest BCUT2D eigenvalue weighted by Crippen LogP contribution is -2.70. The molecule has 13 atom stereocenters. The Labute approximate surface area is 257 Å². The van der Waals surface area contributed by atoms with Crippen LogP contribution in [-0.2, 0) is 14.2 Å². The minimum atomic E-state index is -1.29. The zero-order chi connectivity index (χ0) is 31.0. The van der Waals surface area contributed by atoms with Crippen molar-refractivity contribution in [1.82, 2.24) is 4.90 Å². The number of nitrogens with two attached hydrogens (primary N) is 1. The highest BCUT2D eigenvalue weighted by atomic mass is 16.6. The molecule has 7 aliphatic rings. The van der Waals surface area contributed by atoms with Crippen LogP contribution in [0.3, 0.4) is 0 Å². The number of aliphatic hydroxyl groups excluding tert-OH is 2. The van der Waals surface area contributed by atoms with Gasteiger partial charge >= 0.3 is 6.09 Å². The summed E-state index contributed by atoms with van der Waals surface area (Å²) < 4.78 is 18.3. The fourth-order valence-corrected chi connectivity index (χ4v) is 12.8. The molecule has 9 nitrogen and oxygen atoms in total. The summed E-state index contributed by atoms with van der Waals surface area (Å²) in [5.41, 5.74) is 5.47. The average molecular weight is 605 g/mol. The molecule has 2 spiro atoms. The number of fused-ring (bicyclic) bond motifs is 4. The molecular weight excluding hydrogens is 548 g/mol. The number of carbonyl (C=O) groups is 1. The summed E-state index contributed by atoms with van der Waals surface area (Å²) in [6.45, 7) is 14.7. The summed E-state index contributed by atoms with van der Waals surface area (Å²) in [5, 5.41) is 33.8. The Morgan fingerprint density at radius 2 is 1.70 bits per heavy atom. The highest BCUT2D eigenvalue weighted by Crippen LogP contribution is 2.87. The molecule has 5 N–H and O–H groups in total. The standard InChI is InChI=1S/C34H56N2O7/c1-19-17-20(26(37)30(4,5)40)42-25-24(19)31(6)11-12-33-18-32(33)10-9-23(43-28(39)36-13-15-41-16-14-36)29(2,3)21(32)7-8-22(33)34(31,35)27(25)38/h19-27,37-38,40H,7-18,35H2,1-6H3. The second kappa shape index (κ2) is 9.54. The maximum absolute atomic E-state index is 13.1. The smallest absolute Gasteiger partial charge is 0.410 e. The molecule has 0 bridgehead atoms. The van der Waals surface area contributed by atoms with E-state index in [1.54, 1.807) is 18.7 Å². The van der Waals surface area contributed by atoms with Gasteiger partial charge in [-0.25, -0.2) is 4.79 Å². The first-order chi connectivity index (χ1) is 20.0. The number of ether oxygens (including phenoxy) is 3. The van der Waals surface area contributed by atoms with E-state index in [4.69, 9.17) is 19.9 Å². The van der Waals surface area contributed by atoms with Gasteiger partial charge in [0.1, 0.15) is 12.2 Å². The summed E-state index contributed by atoms with van der Waals surface area (Å²) in [4.78, 5) is 14.9. The lowest BCUT2D eigenvalue weighted by Gasteiger charge is -2.63. The topological polar surface area (TPSA) is 135 Å². The number of aliphatic hydroxyl groups is 3. The van der Waals surface area contributed by atoms with E-state index < -0.39 is 35.6 Å². The molecule has 7 rings (SSSR count). The number of morpholine rings is 1. The average Bonchev–Trinajstić information content (AvgIpc) is 3.58. The third-order valence-electron chi connectivity index (χ3n) is 14.8. The Morgan fingerprint density at radius 3 is 2.37 bits per heavy atom. The van der Waals surface area contributed by atoms with Crippen LogP contribution in [0.1, 0.15) is 92.9 Å². The molecule has 2 aliphatic heterocycles. The molecule has 5 aliphatic carbocycles. The Bertz CT molecular complexity index is 1140. The first kappa shape index (κ1) is 30.7. The van der Waals surface area contributed by atoms with Crippen LogP contribution in [0, 0.1) is 45.3 Å². The molecular formula is C34H56N2O7. The lowest BCUT2D eigenvalue weighted by atomic mass is 9.43. The van der Waals surface area contributed by atoms with Gasteiger partial charge in [0.25, 0.3) is 0 Å². The highest BCUT2D eigenvalue weighted by Gasteiger charge is 2.85. The predicted molar refractivity (Wildman–Crippen MR) is 160 cm³/mol. The predicted octanol–water partition coefficient (Wildman–Crippen LogP) is 3.46. The van der Waals surface area contributed by atoms with Crippen LogP contribution in [0.5, 0.6) is 0 Å². The maximum atomic E-state index is 13.1. The molecule has 13 unspecified atom stereocenters. The second-order valence-electron chi connectivity index (χ2n) is 17.3. The second-order valence-corrected chi connectivity index (χ2v) is 17.3. The molecule has 0 aromatic rings. The summed E-state index contributed by atoms with van der Waals surface area (Å²) in [7, 11) is 0. The number of amides is 1. The van der Waals surface area contributed by atoms with E-state index >= 15 is 0 Å². The number of nitrogens with zero attached hydrogens (tertiary/aromatic N) is 1. The third kappa shape index (κ3) is 3.87. The van der Waals surface area contributed by atoms with Crippen LogP contribution in [0.4, 0.5) is 4.79 Å². The number of rotatable bonds is 3. The van der Waals surface area contributed by atoms with Crippen molar-refractivity contribution in [2.24, 2.45) is 51.1 Å². The summed E-state index contributed by atoms with van der Waals surface area (Å²) >= 11 is 0. The van der Waals surface area contributed by atoms with Crippen LogP contribution in [0.25, 0.3) is 0 Å². The molecule has 7 fully saturated rings. The fourth-order valence-electron chi connectivity index (χ4n) is 12.8. The SMILES string of the molecule is CC1CC(C(O)C(C)(C)O)OC2C1C1(C)CCC34CC35CCC(OC(=O)N3CCOCC3)C(C)(C)C5CCC4C1(N)C2O. The van der Waals surface area contributed by atoms with Crippen molar-refractivity contribution in [2.45, 2.75) is 135 Å². The van der Waals surface area contributed by atoms with E-state index in [1.165, 1.54) is 0 Å². The molecule has 9 heteroatoms. The number of hydrogen-bond donors (Lipinski definition) is 4. The van der Waals surface area contributed by atoms with Crippen molar-refractivity contribution in [3.63, 3.8) is 0 Å². The molecule has 244 valence electrons. The van der Waals surface area contributed by atoms with E-state index in [2.05, 4.69) is 27.7 Å². The van der Waals surface area contributed by atoms with Crippen LogP contribution in [-0.4, -0.2) is 94.3 Å². The fraction of sp³-hybridized carbons (Fsp3) is 0.971. The van der Waals surface area contributed by atoms with Gasteiger partial charge in [-0.3, -0.25) is 0 Å². The van der Waals surface area contributed by atoms with E-state index in [0.717, 1.165) is 44.9 Å². The Kier molecular flexibility index (Phi) is 6.80. The van der Waals surface area contributed by atoms with Crippen LogP contribution in [0.2, 0.25) is 0 Å². The first-order valence-corrected chi connectivity index (χ1v) is 17.1. The first-order valence-electron chi connectivity index (χ1n) is 17.1. The van der Waals surface area contributed by atoms with Gasteiger partial charge in [0.2, 0.25) is 0 Å². The van der Waals surface area contributed by atoms with Gasteiger partial charge in [0.05, 0.1) is 42.7 Å². The summed E-state index contributed by atoms with van der Waals surface area (Å²) in [6, 6.07) is 0. The Morgan fingerprint density at radius 1 is 1.05 bits per heavy atom. The molecule has 43 heavy (non-hydrogen) atoms. The van der Waals surface area contributed by atoms with E-state index in [-0.39, 0.29) is 51.6 Å². The van der Waals surface area contributed by atoms with E-state index in [0.29, 0.717) is 38.6 Å². The number of carbonyl (C=O) groups excluding carboxylic acids is 1. The lowest BCUT2D eigenvalue weighted by molar-refractivity contribution is -0.201. The minimum Gasteiger partial charge on any atom is -0.446 e.